The Labute approximate surface area is 95.8 Å². The Kier molecular flexibility index (Phi) is 4.60. The molecule has 8 heteroatoms. The highest BCUT2D eigenvalue weighted by molar-refractivity contribution is 6.43. The molecule has 0 unspecified atom stereocenters. The van der Waals surface area contributed by atoms with Gasteiger partial charge >= 0.3 is 9.28 Å². The van der Waals surface area contributed by atoms with E-state index in [0.717, 1.165) is 0 Å². The summed E-state index contributed by atoms with van der Waals surface area (Å²) in [6, 6.07) is -0.446. The van der Waals surface area contributed by atoms with Crippen molar-refractivity contribution in [3.63, 3.8) is 0 Å². The third-order valence-electron chi connectivity index (χ3n) is 2.20. The summed E-state index contributed by atoms with van der Waals surface area (Å²) in [5.41, 5.74) is -0.901. The fourth-order valence-electron chi connectivity index (χ4n) is 1.26. The molecule has 0 heterocycles. The molecule has 1 aromatic carbocycles. The van der Waals surface area contributed by atoms with Crippen LogP contribution >= 0.6 is 0 Å². The molecule has 1 aromatic rings. The SMILES string of the molecule is CO[SiH](Cc1c(F)c(F)c(F)c(F)c1F)OC. The van der Waals surface area contributed by atoms with E-state index in [4.69, 9.17) is 8.85 Å². The van der Waals surface area contributed by atoms with E-state index in [1.807, 2.05) is 0 Å². The molecule has 0 bridgehead atoms. The largest absolute Gasteiger partial charge is 0.400 e. The first-order chi connectivity index (χ1) is 7.93. The van der Waals surface area contributed by atoms with Crippen molar-refractivity contribution in [2.24, 2.45) is 0 Å². The van der Waals surface area contributed by atoms with Gasteiger partial charge < -0.3 is 8.85 Å². The molecular weight excluding hydrogens is 263 g/mol. The summed E-state index contributed by atoms with van der Waals surface area (Å²) in [5.74, 6) is -9.77. The van der Waals surface area contributed by atoms with Crippen LogP contribution in [0.4, 0.5) is 22.0 Å². The third-order valence-corrected chi connectivity index (χ3v) is 3.99. The van der Waals surface area contributed by atoms with Crippen LogP contribution in [0.2, 0.25) is 0 Å². The molecule has 0 atom stereocenters. The minimum atomic E-state index is -2.47. The number of rotatable bonds is 4. The smallest absolute Gasteiger partial charge is 0.325 e. The van der Waals surface area contributed by atoms with E-state index in [-0.39, 0.29) is 0 Å². The summed E-state index contributed by atoms with van der Waals surface area (Å²) in [4.78, 5) is 0. The summed E-state index contributed by atoms with van der Waals surface area (Å²) in [5, 5.41) is 0. The molecule has 0 radical (unpaired) electrons. The zero-order valence-electron chi connectivity index (χ0n) is 8.99. The number of hydrogen-bond donors (Lipinski definition) is 0. The second-order valence-electron chi connectivity index (χ2n) is 3.15. The fraction of sp³-hybridized carbons (Fsp3) is 0.333. The summed E-state index contributed by atoms with van der Waals surface area (Å²) in [6.45, 7) is 0. The maximum Gasteiger partial charge on any atom is 0.325 e. The Hall–Kier alpha value is -0.993. The molecule has 17 heavy (non-hydrogen) atoms. The lowest BCUT2D eigenvalue weighted by molar-refractivity contribution is 0.274. The molecule has 0 saturated heterocycles. The lowest BCUT2D eigenvalue weighted by atomic mass is 10.2. The zero-order chi connectivity index (χ0) is 13.2. The molecule has 2 nitrogen and oxygen atoms in total. The van der Waals surface area contributed by atoms with Crippen molar-refractivity contribution in [1.82, 2.24) is 0 Å². The average molecular weight is 272 g/mol. The van der Waals surface area contributed by atoms with Gasteiger partial charge in [-0.3, -0.25) is 0 Å². The Morgan fingerprint density at radius 1 is 0.765 bits per heavy atom. The fourth-order valence-corrected chi connectivity index (χ4v) is 2.48. The van der Waals surface area contributed by atoms with E-state index >= 15 is 0 Å². The quantitative estimate of drug-likeness (QED) is 0.361. The van der Waals surface area contributed by atoms with Crippen LogP contribution in [-0.4, -0.2) is 23.5 Å². The van der Waals surface area contributed by atoms with E-state index in [1.165, 1.54) is 14.2 Å². The number of hydrogen-bond acceptors (Lipinski definition) is 2. The van der Waals surface area contributed by atoms with Crippen molar-refractivity contribution >= 4 is 9.28 Å². The molecular formula is C9H9F5O2Si. The normalized spacial score (nSPS) is 11.3. The average Bonchev–Trinajstić information content (AvgIpc) is 2.34. The van der Waals surface area contributed by atoms with Crippen LogP contribution in [0.3, 0.4) is 0 Å². The zero-order valence-corrected chi connectivity index (χ0v) is 10.1. The van der Waals surface area contributed by atoms with Gasteiger partial charge in [-0.2, -0.15) is 0 Å². The summed E-state index contributed by atoms with van der Waals surface area (Å²) >= 11 is 0. The summed E-state index contributed by atoms with van der Waals surface area (Å²) in [7, 11) is 0.0174. The molecule has 0 aliphatic heterocycles. The molecule has 0 N–H and O–H groups in total. The van der Waals surface area contributed by atoms with Gasteiger partial charge in [0.25, 0.3) is 0 Å². The standard InChI is InChI=1S/C9H9F5O2Si/c1-15-17(16-2)3-4-5(10)7(12)9(14)8(13)6(4)11/h17H,3H2,1-2H3. The molecule has 0 saturated carbocycles. The monoisotopic (exact) mass is 272 g/mol. The second kappa shape index (κ2) is 5.56. The minimum absolute atomic E-state index is 0.446. The van der Waals surface area contributed by atoms with E-state index in [0.29, 0.717) is 0 Å². The van der Waals surface area contributed by atoms with Gasteiger partial charge in [0.2, 0.25) is 5.82 Å². The molecule has 96 valence electrons. The molecule has 0 amide bonds. The third kappa shape index (κ3) is 2.64. The summed E-state index contributed by atoms with van der Waals surface area (Å²) in [6.07, 6.45) is 0. The van der Waals surface area contributed by atoms with E-state index in [2.05, 4.69) is 0 Å². The minimum Gasteiger partial charge on any atom is -0.400 e. The van der Waals surface area contributed by atoms with Crippen LogP contribution in [0.5, 0.6) is 0 Å². The van der Waals surface area contributed by atoms with Gasteiger partial charge in [-0.25, -0.2) is 22.0 Å². The molecule has 0 aromatic heterocycles. The van der Waals surface area contributed by atoms with Crippen LogP contribution < -0.4 is 0 Å². The van der Waals surface area contributed by atoms with Crippen LogP contribution in [-0.2, 0) is 14.9 Å². The molecule has 0 aliphatic carbocycles. The number of halogens is 5. The Balaban J connectivity index is 3.24. The van der Waals surface area contributed by atoms with E-state index < -0.39 is 50.0 Å². The number of benzene rings is 1. The first kappa shape index (κ1) is 14.1. The van der Waals surface area contributed by atoms with E-state index in [9.17, 15) is 22.0 Å². The lowest BCUT2D eigenvalue weighted by Gasteiger charge is -2.13. The first-order valence-corrected chi connectivity index (χ1v) is 6.25. The highest BCUT2D eigenvalue weighted by Crippen LogP contribution is 2.23. The Bertz CT molecular complexity index is 393. The van der Waals surface area contributed by atoms with Gasteiger partial charge in [-0.15, -0.1) is 0 Å². The van der Waals surface area contributed by atoms with Crippen molar-refractivity contribution in [2.45, 2.75) is 6.04 Å². The van der Waals surface area contributed by atoms with Crippen molar-refractivity contribution in [3.8, 4) is 0 Å². The van der Waals surface area contributed by atoms with Crippen molar-refractivity contribution < 1.29 is 30.8 Å². The van der Waals surface area contributed by atoms with Crippen molar-refractivity contribution in [3.05, 3.63) is 34.6 Å². The van der Waals surface area contributed by atoms with Crippen molar-refractivity contribution in [1.29, 1.82) is 0 Å². The maximum absolute atomic E-state index is 13.2. The molecule has 0 spiro atoms. The molecule has 0 aliphatic rings. The molecule has 0 fully saturated rings. The summed E-state index contributed by atoms with van der Waals surface area (Å²) < 4.78 is 74.4. The van der Waals surface area contributed by atoms with Gasteiger partial charge in [0.1, 0.15) is 0 Å². The van der Waals surface area contributed by atoms with E-state index in [1.54, 1.807) is 0 Å². The predicted octanol–water partition coefficient (Wildman–Crippen LogP) is 1.98. The van der Waals surface area contributed by atoms with Gasteiger partial charge in [0, 0.05) is 25.8 Å². The van der Waals surface area contributed by atoms with Gasteiger partial charge in [-0.1, -0.05) is 0 Å². The molecule has 1 rings (SSSR count). The first-order valence-electron chi connectivity index (χ1n) is 4.49. The Morgan fingerprint density at radius 2 is 1.12 bits per heavy atom. The van der Waals surface area contributed by atoms with Gasteiger partial charge in [0.05, 0.1) is 0 Å². The second-order valence-corrected chi connectivity index (χ2v) is 5.36. The van der Waals surface area contributed by atoms with Gasteiger partial charge in [0.15, 0.2) is 23.3 Å². The van der Waals surface area contributed by atoms with Gasteiger partial charge in [-0.05, 0) is 0 Å². The maximum atomic E-state index is 13.2. The van der Waals surface area contributed by atoms with Crippen LogP contribution in [0.1, 0.15) is 5.56 Å². The van der Waals surface area contributed by atoms with Crippen LogP contribution in [0, 0.1) is 29.1 Å². The van der Waals surface area contributed by atoms with Crippen molar-refractivity contribution in [2.75, 3.05) is 14.2 Å². The predicted molar refractivity (Wildman–Crippen MR) is 51.1 cm³/mol. The lowest BCUT2D eigenvalue weighted by Crippen LogP contribution is -2.25. The highest BCUT2D eigenvalue weighted by Gasteiger charge is 2.28. The Morgan fingerprint density at radius 3 is 1.47 bits per heavy atom. The van der Waals surface area contributed by atoms with Crippen LogP contribution in [0.25, 0.3) is 0 Å². The topological polar surface area (TPSA) is 18.5 Å². The van der Waals surface area contributed by atoms with Crippen LogP contribution in [0.15, 0.2) is 0 Å². The highest BCUT2D eigenvalue weighted by atomic mass is 28.3.